The van der Waals surface area contributed by atoms with Crippen molar-refractivity contribution in [3.8, 4) is 5.75 Å². The summed E-state index contributed by atoms with van der Waals surface area (Å²) in [5.74, 6) is 1.73. The third-order valence-corrected chi connectivity index (χ3v) is 5.62. The van der Waals surface area contributed by atoms with Crippen LogP contribution in [-0.4, -0.2) is 16.8 Å². The lowest BCUT2D eigenvalue weighted by molar-refractivity contribution is 0.259. The van der Waals surface area contributed by atoms with Crippen molar-refractivity contribution in [3.63, 3.8) is 0 Å². The lowest BCUT2D eigenvalue weighted by Gasteiger charge is -2.12. The third kappa shape index (κ3) is 8.17. The maximum atomic E-state index is 9.43. The summed E-state index contributed by atoms with van der Waals surface area (Å²) in [7, 11) is 0. The fraction of sp³-hybridized carbons (Fsp3) is 0.520. The lowest BCUT2D eigenvalue weighted by Crippen LogP contribution is -2.15. The van der Waals surface area contributed by atoms with Gasteiger partial charge in [-0.2, -0.15) is 0 Å². The van der Waals surface area contributed by atoms with E-state index in [1.165, 1.54) is 37.7 Å². The molecule has 2 aromatic carbocycles. The molecule has 0 saturated carbocycles. The van der Waals surface area contributed by atoms with Crippen LogP contribution in [0.4, 0.5) is 0 Å². The predicted octanol–water partition coefficient (Wildman–Crippen LogP) is 4.95. The first-order chi connectivity index (χ1) is 14.2. The van der Waals surface area contributed by atoms with Gasteiger partial charge in [-0.1, -0.05) is 63.8 Å². The average Bonchev–Trinajstić information content (AvgIpc) is 2.77. The summed E-state index contributed by atoms with van der Waals surface area (Å²) in [6, 6.07) is 13.8. The molecule has 0 aliphatic rings. The molecule has 4 nitrogen and oxygen atoms in total. The van der Waals surface area contributed by atoms with Crippen molar-refractivity contribution in [3.05, 3.63) is 64.7 Å². The number of ether oxygens (including phenoxy) is 1. The Morgan fingerprint density at radius 3 is 2.41 bits per heavy atom. The molecule has 0 aromatic heterocycles. The van der Waals surface area contributed by atoms with Crippen LogP contribution in [-0.2, 0) is 26.4 Å². The van der Waals surface area contributed by atoms with Gasteiger partial charge in [0, 0.05) is 6.54 Å². The van der Waals surface area contributed by atoms with Crippen LogP contribution >= 0.6 is 0 Å². The second kappa shape index (κ2) is 13.4. The van der Waals surface area contributed by atoms with E-state index in [1.807, 2.05) is 30.3 Å². The summed E-state index contributed by atoms with van der Waals surface area (Å²) in [4.78, 5) is 0. The maximum Gasteiger partial charge on any atom is 0.120 e. The van der Waals surface area contributed by atoms with Crippen molar-refractivity contribution in [1.29, 1.82) is 0 Å². The van der Waals surface area contributed by atoms with Gasteiger partial charge in [-0.15, -0.1) is 0 Å². The molecule has 3 N–H and O–H groups in total. The molecule has 0 fully saturated rings. The molecule has 0 amide bonds. The summed E-state index contributed by atoms with van der Waals surface area (Å²) in [6.07, 6.45) is 6.46. The van der Waals surface area contributed by atoms with Gasteiger partial charge in [-0.25, -0.2) is 0 Å². The molecule has 0 spiro atoms. The van der Waals surface area contributed by atoms with Crippen molar-refractivity contribution in [1.82, 2.24) is 5.32 Å². The second-order valence-corrected chi connectivity index (χ2v) is 7.71. The Balaban J connectivity index is 1.75. The largest absolute Gasteiger partial charge is 0.489 e. The van der Waals surface area contributed by atoms with Gasteiger partial charge >= 0.3 is 0 Å². The monoisotopic (exact) mass is 399 g/mol. The molecule has 2 aromatic rings. The molecular weight excluding hydrogens is 362 g/mol. The Labute approximate surface area is 175 Å². The van der Waals surface area contributed by atoms with E-state index in [2.05, 4.69) is 31.3 Å². The maximum absolute atomic E-state index is 9.43. The van der Waals surface area contributed by atoms with Crippen LogP contribution in [0.25, 0.3) is 0 Å². The Morgan fingerprint density at radius 2 is 1.69 bits per heavy atom. The Bertz CT molecular complexity index is 713. The minimum Gasteiger partial charge on any atom is -0.489 e. The highest BCUT2D eigenvalue weighted by molar-refractivity contribution is 5.32. The number of benzene rings is 2. The summed E-state index contributed by atoms with van der Waals surface area (Å²) < 4.78 is 5.93. The van der Waals surface area contributed by atoms with Gasteiger partial charge < -0.3 is 20.3 Å². The topological polar surface area (TPSA) is 61.7 Å². The van der Waals surface area contributed by atoms with E-state index in [0.717, 1.165) is 41.4 Å². The van der Waals surface area contributed by atoms with Crippen molar-refractivity contribution in [2.45, 2.75) is 72.3 Å². The number of unbranched alkanes of at least 4 members (excludes halogenated alkanes) is 1. The summed E-state index contributed by atoms with van der Waals surface area (Å²) in [5, 5.41) is 22.3. The Hall–Kier alpha value is -1.88. The minimum atomic E-state index is -0.0809. The molecule has 0 aliphatic carbocycles. The Morgan fingerprint density at radius 1 is 0.897 bits per heavy atom. The van der Waals surface area contributed by atoms with E-state index in [-0.39, 0.29) is 13.2 Å². The normalized spacial score (nSPS) is 11.2. The van der Waals surface area contributed by atoms with Gasteiger partial charge in [-0.05, 0) is 59.3 Å². The van der Waals surface area contributed by atoms with Crippen molar-refractivity contribution in [2.24, 2.45) is 5.92 Å². The van der Waals surface area contributed by atoms with Gasteiger partial charge in [-0.3, -0.25) is 0 Å². The number of hydrogen-bond acceptors (Lipinski definition) is 4. The fourth-order valence-electron chi connectivity index (χ4n) is 3.60. The fourth-order valence-corrected chi connectivity index (χ4v) is 3.60. The van der Waals surface area contributed by atoms with Crippen LogP contribution in [0, 0.1) is 5.92 Å². The quantitative estimate of drug-likeness (QED) is 0.394. The molecule has 0 radical (unpaired) electrons. The van der Waals surface area contributed by atoms with E-state index in [1.54, 1.807) is 0 Å². The number of hydrogen-bond donors (Lipinski definition) is 3. The van der Waals surface area contributed by atoms with Gasteiger partial charge in [0.15, 0.2) is 0 Å². The summed E-state index contributed by atoms with van der Waals surface area (Å²) in [6.45, 7) is 6.76. The molecular formula is C25H37NO3. The molecule has 0 saturated heterocycles. The van der Waals surface area contributed by atoms with Crippen LogP contribution in [0.15, 0.2) is 42.5 Å². The first kappa shape index (κ1) is 23.4. The highest BCUT2D eigenvalue weighted by Crippen LogP contribution is 2.18. The smallest absolute Gasteiger partial charge is 0.120 e. The highest BCUT2D eigenvalue weighted by Gasteiger charge is 2.05. The van der Waals surface area contributed by atoms with Crippen LogP contribution < -0.4 is 10.1 Å². The number of aliphatic hydroxyl groups is 2. The van der Waals surface area contributed by atoms with E-state index in [4.69, 9.17) is 4.74 Å². The number of rotatable bonds is 14. The number of aliphatic hydroxyl groups excluding tert-OH is 2. The molecule has 0 unspecified atom stereocenters. The molecule has 0 atom stereocenters. The van der Waals surface area contributed by atoms with Gasteiger partial charge in [0.25, 0.3) is 0 Å². The second-order valence-electron chi connectivity index (χ2n) is 7.71. The molecule has 2 rings (SSSR count). The van der Waals surface area contributed by atoms with Crippen LogP contribution in [0.3, 0.4) is 0 Å². The van der Waals surface area contributed by atoms with Crippen molar-refractivity contribution in [2.75, 3.05) is 6.54 Å². The Kier molecular flexibility index (Phi) is 10.8. The third-order valence-electron chi connectivity index (χ3n) is 5.62. The highest BCUT2D eigenvalue weighted by atomic mass is 16.5. The van der Waals surface area contributed by atoms with Gasteiger partial charge in [0.1, 0.15) is 12.4 Å². The van der Waals surface area contributed by atoms with Crippen molar-refractivity contribution >= 4 is 0 Å². The zero-order chi connectivity index (χ0) is 20.9. The van der Waals surface area contributed by atoms with Crippen molar-refractivity contribution < 1.29 is 14.9 Å². The molecule has 0 bridgehead atoms. The van der Waals surface area contributed by atoms with Crippen LogP contribution in [0.5, 0.6) is 5.75 Å². The molecule has 0 heterocycles. The van der Waals surface area contributed by atoms with Crippen LogP contribution in [0.2, 0.25) is 0 Å². The first-order valence-electron chi connectivity index (χ1n) is 10.9. The van der Waals surface area contributed by atoms with E-state index in [9.17, 15) is 10.2 Å². The molecule has 29 heavy (non-hydrogen) atoms. The zero-order valence-corrected chi connectivity index (χ0v) is 18.0. The van der Waals surface area contributed by atoms with E-state index < -0.39 is 0 Å². The SMILES string of the molecule is CCC(CC)CCCCNCc1cccc(OCc2ccc(CO)c(CO)c2)c1. The van der Waals surface area contributed by atoms with Gasteiger partial charge in [0.05, 0.1) is 13.2 Å². The van der Waals surface area contributed by atoms with Crippen LogP contribution in [0.1, 0.15) is 68.2 Å². The summed E-state index contributed by atoms with van der Waals surface area (Å²) >= 11 is 0. The molecule has 160 valence electrons. The predicted molar refractivity (Wildman–Crippen MR) is 119 cm³/mol. The average molecular weight is 400 g/mol. The standard InChI is InChI=1S/C25H37NO3/c1-3-20(4-2)8-5-6-13-26-16-21-9-7-10-25(15-21)29-19-22-11-12-23(17-27)24(14-22)18-28/h7,9-12,14-15,20,26-28H,3-6,8,13,16-19H2,1-2H3. The molecule has 0 aliphatic heterocycles. The zero-order valence-electron chi connectivity index (χ0n) is 18.0. The first-order valence-corrected chi connectivity index (χ1v) is 10.9. The van der Waals surface area contributed by atoms with Gasteiger partial charge in [0.2, 0.25) is 0 Å². The van der Waals surface area contributed by atoms with E-state index >= 15 is 0 Å². The lowest BCUT2D eigenvalue weighted by atomic mass is 9.97. The number of nitrogens with one attached hydrogen (secondary N) is 1. The van der Waals surface area contributed by atoms with E-state index in [0.29, 0.717) is 6.61 Å². The minimum absolute atomic E-state index is 0.0656. The molecule has 4 heteroatoms. The summed E-state index contributed by atoms with van der Waals surface area (Å²) in [5.41, 5.74) is 3.70.